The molecule has 2 aromatic rings. The number of carbonyl (C=O) groups excluding carboxylic acids is 1. The molecule has 0 fully saturated rings. The lowest BCUT2D eigenvalue weighted by atomic mass is 10.2. The monoisotopic (exact) mass is 308 g/mol. The molecular weight excluding hydrogens is 288 g/mol. The first-order valence-electron chi connectivity index (χ1n) is 7.74. The van der Waals surface area contributed by atoms with E-state index in [1.54, 1.807) is 30.5 Å². The van der Waals surface area contributed by atoms with Gasteiger partial charge in [-0.15, -0.1) is 0 Å². The molecule has 2 rings (SSSR count). The largest absolute Gasteiger partial charge is 0.355 e. The molecule has 0 saturated carbocycles. The van der Waals surface area contributed by atoms with E-state index < -0.39 is 0 Å². The average Bonchev–Trinajstić information content (AvgIpc) is 2.59. The number of nitrogens with zero attached hydrogens (tertiary/aromatic N) is 2. The van der Waals surface area contributed by atoms with Gasteiger partial charge in [0, 0.05) is 24.1 Å². The molecule has 0 saturated heterocycles. The molecule has 0 unspecified atom stereocenters. The highest BCUT2D eigenvalue weighted by Crippen LogP contribution is 2.17. The van der Waals surface area contributed by atoms with E-state index >= 15 is 0 Å². The van der Waals surface area contributed by atoms with Crippen LogP contribution in [0, 0.1) is 11.3 Å². The third-order valence-corrected chi connectivity index (χ3v) is 3.36. The van der Waals surface area contributed by atoms with Crippen LogP contribution in [0.4, 0.5) is 11.4 Å². The fourth-order valence-corrected chi connectivity index (χ4v) is 2.09. The Morgan fingerprint density at radius 3 is 2.65 bits per heavy atom. The number of unbranched alkanes of at least 4 members (excludes halogenated alkanes) is 2. The molecule has 5 heteroatoms. The number of pyridine rings is 1. The molecule has 1 heterocycles. The lowest BCUT2D eigenvalue weighted by molar-refractivity contribution is 0.0948. The predicted molar refractivity (Wildman–Crippen MR) is 90.5 cm³/mol. The van der Waals surface area contributed by atoms with Gasteiger partial charge in [0.15, 0.2) is 0 Å². The fourth-order valence-electron chi connectivity index (χ4n) is 2.09. The highest BCUT2D eigenvalue weighted by atomic mass is 16.1. The molecular formula is C18H20N4O. The van der Waals surface area contributed by atoms with Crippen LogP contribution in [0.1, 0.15) is 42.2 Å². The lowest BCUT2D eigenvalue weighted by Crippen LogP contribution is -2.25. The average molecular weight is 308 g/mol. The van der Waals surface area contributed by atoms with Crippen molar-refractivity contribution < 1.29 is 4.79 Å². The van der Waals surface area contributed by atoms with E-state index in [-0.39, 0.29) is 5.91 Å². The number of nitriles is 1. The van der Waals surface area contributed by atoms with E-state index in [1.165, 1.54) is 0 Å². The molecule has 118 valence electrons. The van der Waals surface area contributed by atoms with E-state index in [0.717, 1.165) is 30.6 Å². The number of aromatic nitrogens is 1. The topological polar surface area (TPSA) is 77.8 Å². The van der Waals surface area contributed by atoms with Gasteiger partial charge >= 0.3 is 0 Å². The number of nitrogens with one attached hydrogen (secondary N) is 2. The number of anilines is 2. The van der Waals surface area contributed by atoms with Gasteiger partial charge in [0.25, 0.3) is 5.91 Å². The van der Waals surface area contributed by atoms with Crippen molar-refractivity contribution in [3.8, 4) is 6.07 Å². The lowest BCUT2D eigenvalue weighted by Gasteiger charge is -2.08. The minimum Gasteiger partial charge on any atom is -0.355 e. The van der Waals surface area contributed by atoms with Crippen molar-refractivity contribution in [2.45, 2.75) is 26.2 Å². The van der Waals surface area contributed by atoms with Gasteiger partial charge in [-0.1, -0.05) is 19.8 Å². The van der Waals surface area contributed by atoms with Crippen LogP contribution in [0.5, 0.6) is 0 Å². The van der Waals surface area contributed by atoms with Gasteiger partial charge < -0.3 is 10.6 Å². The summed E-state index contributed by atoms with van der Waals surface area (Å²) < 4.78 is 0. The van der Waals surface area contributed by atoms with Gasteiger partial charge in [0.05, 0.1) is 11.6 Å². The van der Waals surface area contributed by atoms with Crippen LogP contribution < -0.4 is 10.6 Å². The molecule has 23 heavy (non-hydrogen) atoms. The standard InChI is InChI=1S/C18H20N4O/c1-2-3-4-10-21-18(23)17-12-16(9-11-20-17)22-15-7-5-14(13-19)6-8-15/h5-9,11-12H,2-4,10H2,1H3,(H,20,22)(H,21,23). The van der Waals surface area contributed by atoms with Gasteiger partial charge in [-0.3, -0.25) is 9.78 Å². The van der Waals surface area contributed by atoms with Crippen LogP contribution in [-0.2, 0) is 0 Å². The Bertz CT molecular complexity index is 689. The van der Waals surface area contributed by atoms with Gasteiger partial charge in [0.2, 0.25) is 0 Å². The number of benzene rings is 1. The summed E-state index contributed by atoms with van der Waals surface area (Å²) in [5.74, 6) is -0.162. The molecule has 1 aromatic heterocycles. The van der Waals surface area contributed by atoms with Crippen molar-refractivity contribution in [1.29, 1.82) is 5.26 Å². The maximum absolute atomic E-state index is 12.1. The van der Waals surface area contributed by atoms with Crippen molar-refractivity contribution in [2.75, 3.05) is 11.9 Å². The first-order chi connectivity index (χ1) is 11.2. The molecule has 0 atom stereocenters. The van der Waals surface area contributed by atoms with Crippen LogP contribution in [0.3, 0.4) is 0 Å². The highest BCUT2D eigenvalue weighted by molar-refractivity contribution is 5.93. The van der Waals surface area contributed by atoms with Crippen molar-refractivity contribution in [3.63, 3.8) is 0 Å². The molecule has 0 aliphatic rings. The number of carbonyl (C=O) groups is 1. The zero-order chi connectivity index (χ0) is 16.5. The van der Waals surface area contributed by atoms with E-state index in [0.29, 0.717) is 17.8 Å². The van der Waals surface area contributed by atoms with Crippen molar-refractivity contribution in [1.82, 2.24) is 10.3 Å². The predicted octanol–water partition coefficient (Wildman–Crippen LogP) is 3.62. The van der Waals surface area contributed by atoms with E-state index in [4.69, 9.17) is 5.26 Å². The summed E-state index contributed by atoms with van der Waals surface area (Å²) in [5, 5.41) is 14.9. The maximum atomic E-state index is 12.1. The zero-order valence-electron chi connectivity index (χ0n) is 13.2. The Hall–Kier alpha value is -2.87. The quantitative estimate of drug-likeness (QED) is 0.766. The summed E-state index contributed by atoms with van der Waals surface area (Å²) in [7, 11) is 0. The number of amides is 1. The van der Waals surface area contributed by atoms with Crippen LogP contribution >= 0.6 is 0 Å². The van der Waals surface area contributed by atoms with Crippen LogP contribution in [0.25, 0.3) is 0 Å². The molecule has 1 amide bonds. The second-order valence-corrected chi connectivity index (χ2v) is 5.21. The molecule has 0 spiro atoms. The van der Waals surface area contributed by atoms with Gasteiger partial charge in [0.1, 0.15) is 5.69 Å². The second-order valence-electron chi connectivity index (χ2n) is 5.21. The summed E-state index contributed by atoms with van der Waals surface area (Å²) in [5.41, 5.74) is 2.63. The SMILES string of the molecule is CCCCCNC(=O)c1cc(Nc2ccc(C#N)cc2)ccn1. The number of hydrogen-bond acceptors (Lipinski definition) is 4. The Kier molecular flexibility index (Phi) is 6.13. The minimum absolute atomic E-state index is 0.162. The normalized spacial score (nSPS) is 9.91. The third-order valence-electron chi connectivity index (χ3n) is 3.36. The summed E-state index contributed by atoms with van der Waals surface area (Å²) in [6.07, 6.45) is 4.81. The van der Waals surface area contributed by atoms with E-state index in [9.17, 15) is 4.79 Å². The highest BCUT2D eigenvalue weighted by Gasteiger charge is 2.07. The Balaban J connectivity index is 1.98. The summed E-state index contributed by atoms with van der Waals surface area (Å²) in [6, 6.07) is 12.7. The van der Waals surface area contributed by atoms with Gasteiger partial charge in [-0.25, -0.2) is 0 Å². The zero-order valence-corrected chi connectivity index (χ0v) is 13.2. The molecule has 0 bridgehead atoms. The second kappa shape index (κ2) is 8.54. The van der Waals surface area contributed by atoms with Crippen molar-refractivity contribution >= 4 is 17.3 Å². The minimum atomic E-state index is -0.162. The summed E-state index contributed by atoms with van der Waals surface area (Å²) in [4.78, 5) is 16.2. The Morgan fingerprint density at radius 1 is 1.17 bits per heavy atom. The maximum Gasteiger partial charge on any atom is 0.269 e. The molecule has 0 aliphatic heterocycles. The third kappa shape index (κ3) is 5.11. The smallest absolute Gasteiger partial charge is 0.269 e. The molecule has 2 N–H and O–H groups in total. The Morgan fingerprint density at radius 2 is 1.96 bits per heavy atom. The van der Waals surface area contributed by atoms with E-state index in [1.807, 2.05) is 12.1 Å². The van der Waals surface area contributed by atoms with Gasteiger partial charge in [-0.05, 0) is 42.8 Å². The molecule has 1 aromatic carbocycles. The molecule has 0 radical (unpaired) electrons. The van der Waals surface area contributed by atoms with Crippen LogP contribution in [0.2, 0.25) is 0 Å². The first kappa shape index (κ1) is 16.5. The number of rotatable bonds is 7. The summed E-state index contributed by atoms with van der Waals surface area (Å²) in [6.45, 7) is 2.79. The van der Waals surface area contributed by atoms with Crippen molar-refractivity contribution in [2.24, 2.45) is 0 Å². The number of hydrogen-bond donors (Lipinski definition) is 2. The molecule has 5 nitrogen and oxygen atoms in total. The fraction of sp³-hybridized carbons (Fsp3) is 0.278. The van der Waals surface area contributed by atoms with Crippen LogP contribution in [0.15, 0.2) is 42.6 Å². The first-order valence-corrected chi connectivity index (χ1v) is 7.74. The summed E-state index contributed by atoms with van der Waals surface area (Å²) >= 11 is 0. The van der Waals surface area contributed by atoms with Crippen LogP contribution in [-0.4, -0.2) is 17.4 Å². The van der Waals surface area contributed by atoms with E-state index in [2.05, 4.69) is 28.6 Å². The molecule has 0 aliphatic carbocycles. The van der Waals surface area contributed by atoms with Gasteiger partial charge in [-0.2, -0.15) is 5.26 Å². The Labute approximate surface area is 136 Å². The van der Waals surface area contributed by atoms with Crippen molar-refractivity contribution in [3.05, 3.63) is 53.9 Å².